The molecular weight excluding hydrogens is 433 g/mol. The quantitative estimate of drug-likeness (QED) is 0.600. The zero-order valence-electron chi connectivity index (χ0n) is 18.1. The number of nitrogens with one attached hydrogen (secondary N) is 1. The van der Waals surface area contributed by atoms with Crippen LogP contribution in [-0.4, -0.2) is 80.2 Å². The number of rotatable bonds is 7. The van der Waals surface area contributed by atoms with Gasteiger partial charge in [0.15, 0.2) is 0 Å². The predicted octanol–water partition coefficient (Wildman–Crippen LogP) is 2.21. The Balaban J connectivity index is 0.000000451. The summed E-state index contributed by atoms with van der Waals surface area (Å²) in [6.07, 6.45) is -2.48. The van der Waals surface area contributed by atoms with Crippen LogP contribution >= 0.6 is 0 Å². The summed E-state index contributed by atoms with van der Waals surface area (Å²) in [6, 6.07) is 8.63. The third-order valence-corrected chi connectivity index (χ3v) is 5.35. The van der Waals surface area contributed by atoms with E-state index in [-0.39, 0.29) is 18.1 Å². The van der Waals surface area contributed by atoms with Crippen molar-refractivity contribution >= 4 is 11.9 Å². The van der Waals surface area contributed by atoms with Gasteiger partial charge in [-0.3, -0.25) is 9.69 Å². The maximum atomic E-state index is 12.2. The summed E-state index contributed by atoms with van der Waals surface area (Å²) in [7, 11) is 3.31. The summed E-state index contributed by atoms with van der Waals surface area (Å²) >= 11 is 0. The van der Waals surface area contributed by atoms with Gasteiger partial charge in [-0.2, -0.15) is 13.2 Å². The van der Waals surface area contributed by atoms with E-state index in [1.807, 2.05) is 12.1 Å². The third-order valence-electron chi connectivity index (χ3n) is 5.35. The van der Waals surface area contributed by atoms with Crippen LogP contribution < -0.4 is 10.1 Å². The first-order chi connectivity index (χ1) is 15.2. The number of halogens is 3. The van der Waals surface area contributed by atoms with Crippen LogP contribution in [0.15, 0.2) is 24.3 Å². The van der Waals surface area contributed by atoms with E-state index in [4.69, 9.17) is 24.1 Å². The van der Waals surface area contributed by atoms with Crippen molar-refractivity contribution in [2.45, 2.75) is 50.2 Å². The maximum absolute atomic E-state index is 12.2. The van der Waals surface area contributed by atoms with Gasteiger partial charge >= 0.3 is 12.1 Å². The number of ether oxygens (including phenoxy) is 3. The molecule has 11 heteroatoms. The average Bonchev–Trinajstić information content (AvgIpc) is 3.16. The molecule has 3 atom stereocenters. The Morgan fingerprint density at radius 1 is 1.19 bits per heavy atom. The molecule has 1 aromatic carbocycles. The minimum Gasteiger partial charge on any atom is -0.497 e. The summed E-state index contributed by atoms with van der Waals surface area (Å²) in [4.78, 5) is 23.6. The van der Waals surface area contributed by atoms with Crippen LogP contribution in [0.3, 0.4) is 0 Å². The third kappa shape index (κ3) is 7.64. The standard InChI is InChI=1S/C19H28N2O4.C2HF3O2/c1-23-12-10-20-19(22)18-8-7-16-17(25-18)9-11-21(16)13-14-3-5-15(24-2)6-4-14;3-2(4,5)1(6)7/h3-6,16-18H,7-13H2,1-2H3,(H,20,22);(H,6,7)/t16-,17-,18+;/m1./s1. The van der Waals surface area contributed by atoms with Crippen molar-refractivity contribution in [1.29, 1.82) is 0 Å². The number of carbonyl (C=O) groups is 2. The molecular formula is C21H29F3N2O6. The summed E-state index contributed by atoms with van der Waals surface area (Å²) in [5.41, 5.74) is 1.28. The fraction of sp³-hybridized carbons (Fsp3) is 0.619. The second kappa shape index (κ2) is 12.0. The molecule has 1 amide bonds. The normalized spacial score (nSPS) is 23.0. The van der Waals surface area contributed by atoms with Crippen molar-refractivity contribution < 1.29 is 42.1 Å². The number of carboxylic acid groups (broad SMARTS) is 1. The number of methoxy groups -OCH3 is 2. The number of hydrogen-bond acceptors (Lipinski definition) is 6. The predicted molar refractivity (Wildman–Crippen MR) is 108 cm³/mol. The summed E-state index contributed by atoms with van der Waals surface area (Å²) < 4.78 is 48.0. The van der Waals surface area contributed by atoms with Crippen molar-refractivity contribution in [3.63, 3.8) is 0 Å². The monoisotopic (exact) mass is 462 g/mol. The van der Waals surface area contributed by atoms with Gasteiger partial charge in [0, 0.05) is 32.8 Å². The van der Waals surface area contributed by atoms with Gasteiger partial charge < -0.3 is 24.6 Å². The van der Waals surface area contributed by atoms with Gasteiger partial charge in [-0.25, -0.2) is 4.79 Å². The molecule has 180 valence electrons. The maximum Gasteiger partial charge on any atom is 0.490 e. The molecule has 8 nitrogen and oxygen atoms in total. The smallest absolute Gasteiger partial charge is 0.490 e. The van der Waals surface area contributed by atoms with Crippen LogP contribution in [0.4, 0.5) is 13.2 Å². The van der Waals surface area contributed by atoms with E-state index < -0.39 is 12.1 Å². The fourth-order valence-electron chi connectivity index (χ4n) is 3.76. The minimum atomic E-state index is -5.08. The molecule has 2 aliphatic rings. The second-order valence-electron chi connectivity index (χ2n) is 7.50. The number of hydrogen-bond donors (Lipinski definition) is 2. The average molecular weight is 462 g/mol. The first kappa shape index (κ1) is 25.9. The van der Waals surface area contributed by atoms with Gasteiger partial charge in [0.1, 0.15) is 11.9 Å². The van der Waals surface area contributed by atoms with Gasteiger partial charge in [0.2, 0.25) is 5.91 Å². The number of carbonyl (C=O) groups excluding carboxylic acids is 1. The number of fused-ring (bicyclic) bond motifs is 1. The van der Waals surface area contributed by atoms with Gasteiger partial charge in [0.25, 0.3) is 0 Å². The molecule has 0 unspecified atom stereocenters. The molecule has 0 radical (unpaired) electrons. The molecule has 3 rings (SSSR count). The number of carboxylic acids is 1. The molecule has 0 saturated carbocycles. The van der Waals surface area contributed by atoms with Crippen molar-refractivity contribution in [1.82, 2.24) is 10.2 Å². The van der Waals surface area contributed by atoms with E-state index in [0.717, 1.165) is 38.1 Å². The topological polar surface area (TPSA) is 97.3 Å². The highest BCUT2D eigenvalue weighted by Gasteiger charge is 2.41. The summed E-state index contributed by atoms with van der Waals surface area (Å²) in [5, 5.41) is 10.0. The molecule has 0 spiro atoms. The number of alkyl halides is 3. The fourth-order valence-corrected chi connectivity index (χ4v) is 3.76. The van der Waals surface area contributed by atoms with Gasteiger partial charge in [0.05, 0.1) is 19.8 Å². The van der Waals surface area contributed by atoms with E-state index in [0.29, 0.717) is 19.2 Å². The molecule has 0 bridgehead atoms. The van der Waals surface area contributed by atoms with Crippen molar-refractivity contribution in [3.8, 4) is 5.75 Å². The Morgan fingerprint density at radius 3 is 2.41 bits per heavy atom. The van der Waals surface area contributed by atoms with Gasteiger partial charge in [-0.15, -0.1) is 0 Å². The lowest BCUT2D eigenvalue weighted by atomic mass is 9.98. The van der Waals surface area contributed by atoms with Gasteiger partial charge in [-0.05, 0) is 37.0 Å². The van der Waals surface area contributed by atoms with E-state index in [1.165, 1.54) is 5.56 Å². The highest BCUT2D eigenvalue weighted by Crippen LogP contribution is 2.32. The lowest BCUT2D eigenvalue weighted by Gasteiger charge is -2.35. The van der Waals surface area contributed by atoms with Crippen LogP contribution in [0.5, 0.6) is 5.75 Å². The number of likely N-dealkylation sites (tertiary alicyclic amines) is 1. The first-order valence-corrected chi connectivity index (χ1v) is 10.2. The highest BCUT2D eigenvalue weighted by molar-refractivity contribution is 5.80. The molecule has 0 aromatic heterocycles. The lowest BCUT2D eigenvalue weighted by Crippen LogP contribution is -2.48. The zero-order chi connectivity index (χ0) is 23.7. The summed E-state index contributed by atoms with van der Waals surface area (Å²) in [6.45, 7) is 2.99. The van der Waals surface area contributed by atoms with E-state index in [2.05, 4.69) is 22.3 Å². The molecule has 2 fully saturated rings. The Labute approximate surface area is 184 Å². The summed E-state index contributed by atoms with van der Waals surface area (Å²) in [5.74, 6) is -1.89. The van der Waals surface area contributed by atoms with Crippen LogP contribution in [0.25, 0.3) is 0 Å². The number of amides is 1. The molecule has 0 aliphatic carbocycles. The van der Waals surface area contributed by atoms with Crippen molar-refractivity contribution in [2.75, 3.05) is 33.9 Å². The van der Waals surface area contributed by atoms with E-state index >= 15 is 0 Å². The molecule has 2 N–H and O–H groups in total. The Morgan fingerprint density at radius 2 is 1.84 bits per heavy atom. The van der Waals surface area contributed by atoms with Crippen LogP contribution in [0.2, 0.25) is 0 Å². The molecule has 1 aromatic rings. The van der Waals surface area contributed by atoms with Crippen LogP contribution in [0.1, 0.15) is 24.8 Å². The number of nitrogens with zero attached hydrogens (tertiary/aromatic N) is 1. The van der Waals surface area contributed by atoms with E-state index in [9.17, 15) is 18.0 Å². The Bertz CT molecular complexity index is 744. The Hall–Kier alpha value is -2.37. The number of benzene rings is 1. The van der Waals surface area contributed by atoms with Crippen LogP contribution in [-0.2, 0) is 25.6 Å². The van der Waals surface area contributed by atoms with Crippen molar-refractivity contribution in [2.24, 2.45) is 0 Å². The van der Waals surface area contributed by atoms with E-state index in [1.54, 1.807) is 14.2 Å². The Kier molecular flexibility index (Phi) is 9.73. The van der Waals surface area contributed by atoms with Crippen LogP contribution in [0, 0.1) is 0 Å². The van der Waals surface area contributed by atoms with Crippen molar-refractivity contribution in [3.05, 3.63) is 29.8 Å². The minimum absolute atomic E-state index is 0.0101. The SMILES string of the molecule is COCCNC(=O)[C@@H]1CC[C@@H]2[C@@H](CCN2Cc2ccc(OC)cc2)O1.O=C(O)C(F)(F)F. The molecule has 2 aliphatic heterocycles. The second-order valence-corrected chi connectivity index (χ2v) is 7.50. The first-order valence-electron chi connectivity index (χ1n) is 10.2. The zero-order valence-corrected chi connectivity index (χ0v) is 18.1. The molecule has 2 heterocycles. The number of aliphatic carboxylic acids is 1. The van der Waals surface area contributed by atoms with Gasteiger partial charge in [-0.1, -0.05) is 12.1 Å². The molecule has 2 saturated heterocycles. The highest BCUT2D eigenvalue weighted by atomic mass is 19.4. The lowest BCUT2D eigenvalue weighted by molar-refractivity contribution is -0.192. The largest absolute Gasteiger partial charge is 0.497 e. The molecule has 32 heavy (non-hydrogen) atoms.